The molecule has 0 heterocycles. The van der Waals surface area contributed by atoms with E-state index in [0.29, 0.717) is 5.56 Å². The topological polar surface area (TPSA) is 202 Å². The monoisotopic (exact) mass is 616 g/mol. The molecule has 0 aliphatic heterocycles. The summed E-state index contributed by atoms with van der Waals surface area (Å²) in [6.45, 7) is 0. The normalized spacial score (nSPS) is 11.5. The van der Waals surface area contributed by atoms with Gasteiger partial charge in [-0.3, -0.25) is 0 Å². The molecule has 7 aromatic rings. The van der Waals surface area contributed by atoms with Gasteiger partial charge in [-0.05, 0) is 49.5 Å². The molecule has 0 aliphatic carbocycles. The first-order valence-electron chi connectivity index (χ1n) is 13.9. The number of rotatable bonds is 3. The van der Waals surface area contributed by atoms with Crippen molar-refractivity contribution in [2.75, 3.05) is 0 Å². The van der Waals surface area contributed by atoms with Gasteiger partial charge in [-0.1, -0.05) is 78.9 Å². The lowest BCUT2D eigenvalue weighted by atomic mass is 9.83. The van der Waals surface area contributed by atoms with Gasteiger partial charge in [0.1, 0.15) is 0 Å². The molecular weight excluding hydrogens is 592 g/mol. The summed E-state index contributed by atoms with van der Waals surface area (Å²) in [7, 11) is 0. The van der Waals surface area contributed by atoms with E-state index in [2.05, 4.69) is 0 Å². The highest BCUT2D eigenvalue weighted by molar-refractivity contribution is 6.24. The van der Waals surface area contributed by atoms with Gasteiger partial charge < -0.3 is 51.1 Å². The van der Waals surface area contributed by atoms with Crippen molar-refractivity contribution in [1.82, 2.24) is 0 Å². The molecule has 7 rings (SSSR count). The highest BCUT2D eigenvalue weighted by Gasteiger charge is 2.31. The Labute approximate surface area is 259 Å². The highest BCUT2D eigenvalue weighted by atomic mass is 16.4. The Kier molecular flexibility index (Phi) is 6.07. The molecule has 0 amide bonds. The molecule has 10 heteroatoms. The van der Waals surface area contributed by atoms with Gasteiger partial charge in [0.05, 0.1) is 11.1 Å². The standard InChI is InChI=1S/C36H24O10/c37-27-25(28(38)32(42)35(45)31(27)41)23-19-9-3-4-10-20(19)24(26-29(39)33(43)36(46)34(44)30(26)40)22-14-16(12-13-21(22)23)18-11-5-7-15-6-1-2-8-17(15)18/h1-14,37-46H. The van der Waals surface area contributed by atoms with E-state index in [9.17, 15) is 51.1 Å². The number of benzene rings is 7. The molecule has 0 atom stereocenters. The van der Waals surface area contributed by atoms with Crippen LogP contribution in [0, 0.1) is 0 Å². The number of aromatic hydroxyl groups is 10. The van der Waals surface area contributed by atoms with Gasteiger partial charge in [0.2, 0.25) is 34.5 Å². The van der Waals surface area contributed by atoms with Crippen molar-refractivity contribution >= 4 is 32.3 Å². The van der Waals surface area contributed by atoms with Crippen molar-refractivity contribution in [2.24, 2.45) is 0 Å². The van der Waals surface area contributed by atoms with Crippen LogP contribution in [-0.4, -0.2) is 51.1 Å². The quantitative estimate of drug-likeness (QED) is 0.0549. The van der Waals surface area contributed by atoms with E-state index in [1.54, 1.807) is 42.5 Å². The molecule has 0 aliphatic rings. The van der Waals surface area contributed by atoms with Crippen molar-refractivity contribution in [2.45, 2.75) is 0 Å². The lowest BCUT2D eigenvalue weighted by Crippen LogP contribution is -1.94. The first-order valence-corrected chi connectivity index (χ1v) is 13.9. The molecule has 0 radical (unpaired) electrons. The SMILES string of the molecule is Oc1c(O)c(O)c(-c2c3ccccc3c(-c3c(O)c(O)c(O)c(O)c3O)c3cc(-c4cccc5ccccc45)ccc23)c(O)c1O. The molecule has 7 aromatic carbocycles. The number of phenols is 10. The highest BCUT2D eigenvalue weighted by Crippen LogP contribution is 2.61. The van der Waals surface area contributed by atoms with E-state index in [1.165, 1.54) is 0 Å². The summed E-state index contributed by atoms with van der Waals surface area (Å²) in [5.74, 6) is -10.3. The summed E-state index contributed by atoms with van der Waals surface area (Å²) in [6.07, 6.45) is 0. The maximum Gasteiger partial charge on any atom is 0.208 e. The Bertz CT molecular complexity index is 2370. The van der Waals surface area contributed by atoms with Gasteiger partial charge in [-0.2, -0.15) is 0 Å². The minimum atomic E-state index is -1.13. The van der Waals surface area contributed by atoms with Gasteiger partial charge in [0.25, 0.3) is 0 Å². The number of hydrogen-bond donors (Lipinski definition) is 10. The van der Waals surface area contributed by atoms with Crippen LogP contribution in [-0.2, 0) is 0 Å². The minimum absolute atomic E-state index is 0.0863. The van der Waals surface area contributed by atoms with Crippen LogP contribution < -0.4 is 0 Å². The third kappa shape index (κ3) is 3.77. The van der Waals surface area contributed by atoms with Crippen molar-refractivity contribution in [3.8, 4) is 90.9 Å². The average molecular weight is 617 g/mol. The van der Waals surface area contributed by atoms with E-state index in [-0.39, 0.29) is 32.7 Å². The van der Waals surface area contributed by atoms with E-state index in [4.69, 9.17) is 0 Å². The fourth-order valence-electron chi connectivity index (χ4n) is 6.21. The Hall–Kier alpha value is -6.68. The maximum absolute atomic E-state index is 11.1. The molecule has 228 valence electrons. The Morgan fingerprint density at radius 2 is 0.674 bits per heavy atom. The Balaban J connectivity index is 1.74. The molecule has 0 fully saturated rings. The van der Waals surface area contributed by atoms with Crippen LogP contribution in [0.4, 0.5) is 0 Å². The van der Waals surface area contributed by atoms with Gasteiger partial charge in [0, 0.05) is 11.1 Å². The fraction of sp³-hybridized carbons (Fsp3) is 0. The van der Waals surface area contributed by atoms with Crippen LogP contribution in [0.2, 0.25) is 0 Å². The molecule has 10 N–H and O–H groups in total. The van der Waals surface area contributed by atoms with Crippen LogP contribution in [0.5, 0.6) is 57.5 Å². The van der Waals surface area contributed by atoms with Gasteiger partial charge >= 0.3 is 0 Å². The molecule has 10 nitrogen and oxygen atoms in total. The van der Waals surface area contributed by atoms with Crippen molar-refractivity contribution < 1.29 is 51.1 Å². The summed E-state index contributed by atoms with van der Waals surface area (Å²) in [5.41, 5.74) is 0.775. The predicted molar refractivity (Wildman–Crippen MR) is 172 cm³/mol. The third-order valence-corrected chi connectivity index (χ3v) is 8.37. The van der Waals surface area contributed by atoms with E-state index in [0.717, 1.165) is 16.3 Å². The van der Waals surface area contributed by atoms with Crippen molar-refractivity contribution in [3.63, 3.8) is 0 Å². The van der Waals surface area contributed by atoms with Gasteiger partial charge in [-0.25, -0.2) is 0 Å². The van der Waals surface area contributed by atoms with Crippen LogP contribution in [0.25, 0.3) is 65.7 Å². The lowest BCUT2D eigenvalue weighted by molar-refractivity contribution is 0.330. The summed E-state index contributed by atoms with van der Waals surface area (Å²) in [4.78, 5) is 0. The summed E-state index contributed by atoms with van der Waals surface area (Å²) in [6, 6.07) is 24.9. The molecule has 0 saturated carbocycles. The summed E-state index contributed by atoms with van der Waals surface area (Å²) >= 11 is 0. The number of hydrogen-bond acceptors (Lipinski definition) is 10. The minimum Gasteiger partial charge on any atom is -0.504 e. The molecule has 0 bridgehead atoms. The largest absolute Gasteiger partial charge is 0.504 e. The number of phenolic OH excluding ortho intramolecular Hbond substituents is 10. The first-order chi connectivity index (χ1) is 22.0. The number of fused-ring (bicyclic) bond motifs is 3. The smallest absolute Gasteiger partial charge is 0.208 e. The molecule has 0 aromatic heterocycles. The first kappa shape index (κ1) is 28.1. The van der Waals surface area contributed by atoms with E-state index < -0.39 is 68.6 Å². The predicted octanol–water partition coefficient (Wildman–Crippen LogP) is 7.20. The fourth-order valence-corrected chi connectivity index (χ4v) is 6.21. The summed E-state index contributed by atoms with van der Waals surface area (Å²) in [5, 5.41) is 109. The van der Waals surface area contributed by atoms with Crippen molar-refractivity contribution in [1.29, 1.82) is 0 Å². The third-order valence-electron chi connectivity index (χ3n) is 8.37. The van der Waals surface area contributed by atoms with Crippen molar-refractivity contribution in [3.05, 3.63) is 84.9 Å². The zero-order chi connectivity index (χ0) is 32.6. The zero-order valence-electron chi connectivity index (χ0n) is 23.6. The van der Waals surface area contributed by atoms with Gasteiger partial charge in [-0.15, -0.1) is 0 Å². The second-order valence-corrected chi connectivity index (χ2v) is 10.8. The van der Waals surface area contributed by atoms with Crippen LogP contribution >= 0.6 is 0 Å². The lowest BCUT2D eigenvalue weighted by Gasteiger charge is -2.22. The van der Waals surface area contributed by atoms with E-state index >= 15 is 0 Å². The van der Waals surface area contributed by atoms with E-state index in [1.807, 2.05) is 42.5 Å². The maximum atomic E-state index is 11.1. The molecular formula is C36H24O10. The molecule has 46 heavy (non-hydrogen) atoms. The van der Waals surface area contributed by atoms with Crippen LogP contribution in [0.3, 0.4) is 0 Å². The molecule has 0 unspecified atom stereocenters. The van der Waals surface area contributed by atoms with Gasteiger partial charge in [0.15, 0.2) is 23.0 Å². The summed E-state index contributed by atoms with van der Waals surface area (Å²) < 4.78 is 0. The molecule has 0 saturated heterocycles. The Morgan fingerprint density at radius 1 is 0.283 bits per heavy atom. The van der Waals surface area contributed by atoms with Crippen LogP contribution in [0.15, 0.2) is 84.9 Å². The molecule has 0 spiro atoms. The van der Waals surface area contributed by atoms with Crippen LogP contribution in [0.1, 0.15) is 0 Å². The zero-order valence-corrected chi connectivity index (χ0v) is 23.6. The average Bonchev–Trinajstić information content (AvgIpc) is 3.08. The Morgan fingerprint density at radius 3 is 1.20 bits per heavy atom. The second-order valence-electron chi connectivity index (χ2n) is 10.8. The second kappa shape index (κ2) is 9.93.